The number of pyridine rings is 1. The number of anilines is 2. The normalized spacial score (nSPS) is 15.1. The van der Waals surface area contributed by atoms with Crippen molar-refractivity contribution in [3.8, 4) is 0 Å². The Morgan fingerprint density at radius 3 is 3.00 bits per heavy atom. The second kappa shape index (κ2) is 4.82. The maximum Gasteiger partial charge on any atom is 0.123 e. The predicted molar refractivity (Wildman–Crippen MR) is 63.7 cm³/mol. The molecule has 15 heavy (non-hydrogen) atoms. The third kappa shape index (κ3) is 2.98. The summed E-state index contributed by atoms with van der Waals surface area (Å²) in [7, 11) is 0. The van der Waals surface area contributed by atoms with Crippen molar-refractivity contribution in [2.24, 2.45) is 0 Å². The van der Waals surface area contributed by atoms with E-state index in [9.17, 15) is 0 Å². The van der Waals surface area contributed by atoms with E-state index in [4.69, 9.17) is 5.73 Å². The zero-order valence-electron chi connectivity index (χ0n) is 8.87. The second-order valence-electron chi connectivity index (χ2n) is 3.90. The SMILES string of the molecule is Nc1ccc(NCCC2=CCCC2)cn1. The van der Waals surface area contributed by atoms with Crippen molar-refractivity contribution in [1.82, 2.24) is 4.98 Å². The zero-order chi connectivity index (χ0) is 10.5. The van der Waals surface area contributed by atoms with Gasteiger partial charge >= 0.3 is 0 Å². The summed E-state index contributed by atoms with van der Waals surface area (Å²) in [6.07, 6.45) is 9.16. The van der Waals surface area contributed by atoms with Gasteiger partial charge in [0.2, 0.25) is 0 Å². The molecule has 0 saturated carbocycles. The molecular formula is C12H17N3. The van der Waals surface area contributed by atoms with E-state index >= 15 is 0 Å². The Labute approximate surface area is 90.4 Å². The molecule has 2 rings (SSSR count). The summed E-state index contributed by atoms with van der Waals surface area (Å²) < 4.78 is 0. The van der Waals surface area contributed by atoms with Gasteiger partial charge in [-0.25, -0.2) is 4.98 Å². The summed E-state index contributed by atoms with van der Waals surface area (Å²) in [6, 6.07) is 3.78. The van der Waals surface area contributed by atoms with E-state index in [0.29, 0.717) is 5.82 Å². The first-order valence-electron chi connectivity index (χ1n) is 5.48. The molecule has 0 unspecified atom stereocenters. The van der Waals surface area contributed by atoms with Gasteiger partial charge in [-0.05, 0) is 37.8 Å². The van der Waals surface area contributed by atoms with Gasteiger partial charge in [0.05, 0.1) is 11.9 Å². The third-order valence-corrected chi connectivity index (χ3v) is 2.70. The minimum absolute atomic E-state index is 0.569. The highest BCUT2D eigenvalue weighted by Crippen LogP contribution is 2.20. The van der Waals surface area contributed by atoms with Gasteiger partial charge in [-0.15, -0.1) is 0 Å². The van der Waals surface area contributed by atoms with Crippen LogP contribution in [0.5, 0.6) is 0 Å². The zero-order valence-corrected chi connectivity index (χ0v) is 8.87. The minimum atomic E-state index is 0.569. The molecule has 3 heteroatoms. The molecule has 0 aliphatic heterocycles. The molecule has 0 saturated heterocycles. The molecule has 0 spiro atoms. The van der Waals surface area contributed by atoms with E-state index in [2.05, 4.69) is 16.4 Å². The monoisotopic (exact) mass is 203 g/mol. The highest BCUT2D eigenvalue weighted by Gasteiger charge is 2.03. The minimum Gasteiger partial charge on any atom is -0.384 e. The Kier molecular flexibility index (Phi) is 3.22. The number of hydrogen-bond acceptors (Lipinski definition) is 3. The Morgan fingerprint density at radius 1 is 1.40 bits per heavy atom. The van der Waals surface area contributed by atoms with Gasteiger partial charge < -0.3 is 11.1 Å². The molecule has 3 nitrogen and oxygen atoms in total. The molecule has 0 radical (unpaired) electrons. The lowest BCUT2D eigenvalue weighted by Crippen LogP contribution is -2.03. The van der Waals surface area contributed by atoms with E-state index in [1.165, 1.54) is 19.3 Å². The van der Waals surface area contributed by atoms with Gasteiger partial charge in [0.15, 0.2) is 0 Å². The first-order chi connectivity index (χ1) is 7.34. The van der Waals surface area contributed by atoms with Crippen LogP contribution >= 0.6 is 0 Å². The molecule has 1 aliphatic carbocycles. The lowest BCUT2D eigenvalue weighted by Gasteiger charge is -2.06. The van der Waals surface area contributed by atoms with E-state index in [1.807, 2.05) is 12.1 Å². The van der Waals surface area contributed by atoms with Crippen LogP contribution in [0.2, 0.25) is 0 Å². The molecule has 1 aliphatic rings. The van der Waals surface area contributed by atoms with Crippen LogP contribution in [-0.4, -0.2) is 11.5 Å². The standard InChI is InChI=1S/C12H17N3/c13-12-6-5-11(9-15-12)14-8-7-10-3-1-2-4-10/h3,5-6,9,14H,1-2,4,7-8H2,(H2,13,15). The summed E-state index contributed by atoms with van der Waals surface area (Å²) in [5.41, 5.74) is 8.14. The van der Waals surface area contributed by atoms with Crippen LogP contribution in [0.25, 0.3) is 0 Å². The number of nitrogen functional groups attached to an aromatic ring is 1. The van der Waals surface area contributed by atoms with Crippen molar-refractivity contribution in [3.63, 3.8) is 0 Å². The van der Waals surface area contributed by atoms with E-state index in [1.54, 1.807) is 11.8 Å². The van der Waals surface area contributed by atoms with Gasteiger partial charge in [0, 0.05) is 6.54 Å². The summed E-state index contributed by atoms with van der Waals surface area (Å²) in [4.78, 5) is 4.03. The van der Waals surface area contributed by atoms with Crippen molar-refractivity contribution in [3.05, 3.63) is 30.0 Å². The van der Waals surface area contributed by atoms with Gasteiger partial charge in [0.1, 0.15) is 5.82 Å². The van der Waals surface area contributed by atoms with Crippen LogP contribution in [0.3, 0.4) is 0 Å². The maximum absolute atomic E-state index is 5.51. The molecule has 0 atom stereocenters. The van der Waals surface area contributed by atoms with Crippen LogP contribution in [0.4, 0.5) is 11.5 Å². The molecule has 1 heterocycles. The van der Waals surface area contributed by atoms with Crippen molar-refractivity contribution >= 4 is 11.5 Å². The first-order valence-corrected chi connectivity index (χ1v) is 5.48. The predicted octanol–water partition coefficient (Wildman–Crippen LogP) is 2.58. The molecule has 3 N–H and O–H groups in total. The largest absolute Gasteiger partial charge is 0.384 e. The molecule has 0 bridgehead atoms. The topological polar surface area (TPSA) is 50.9 Å². The Bertz CT molecular complexity index is 340. The van der Waals surface area contributed by atoms with Gasteiger partial charge in [-0.3, -0.25) is 0 Å². The summed E-state index contributed by atoms with van der Waals surface area (Å²) in [5, 5.41) is 3.34. The summed E-state index contributed by atoms with van der Waals surface area (Å²) >= 11 is 0. The van der Waals surface area contributed by atoms with Gasteiger partial charge in [-0.2, -0.15) is 0 Å². The lowest BCUT2D eigenvalue weighted by molar-refractivity contribution is 0.863. The van der Waals surface area contributed by atoms with Gasteiger partial charge in [-0.1, -0.05) is 11.6 Å². The third-order valence-electron chi connectivity index (χ3n) is 2.70. The second-order valence-corrected chi connectivity index (χ2v) is 3.90. The van der Waals surface area contributed by atoms with Crippen LogP contribution in [-0.2, 0) is 0 Å². The Balaban J connectivity index is 1.75. The molecular weight excluding hydrogens is 186 g/mol. The molecule has 0 amide bonds. The number of rotatable bonds is 4. The summed E-state index contributed by atoms with van der Waals surface area (Å²) in [5.74, 6) is 0.569. The number of nitrogens with one attached hydrogen (secondary N) is 1. The van der Waals surface area contributed by atoms with Crippen molar-refractivity contribution in [2.75, 3.05) is 17.6 Å². The number of nitrogens with zero attached hydrogens (tertiary/aromatic N) is 1. The number of nitrogens with two attached hydrogens (primary N) is 1. The average Bonchev–Trinajstić information content (AvgIpc) is 2.74. The Hall–Kier alpha value is -1.51. The van der Waals surface area contributed by atoms with E-state index in [-0.39, 0.29) is 0 Å². The number of aromatic nitrogens is 1. The molecule has 0 fully saturated rings. The fourth-order valence-corrected chi connectivity index (χ4v) is 1.84. The maximum atomic E-state index is 5.51. The highest BCUT2D eigenvalue weighted by atomic mass is 14.9. The molecule has 80 valence electrons. The fourth-order valence-electron chi connectivity index (χ4n) is 1.84. The van der Waals surface area contributed by atoms with E-state index < -0.39 is 0 Å². The van der Waals surface area contributed by atoms with E-state index in [0.717, 1.165) is 18.7 Å². The lowest BCUT2D eigenvalue weighted by atomic mass is 10.2. The number of hydrogen-bond donors (Lipinski definition) is 2. The average molecular weight is 203 g/mol. The first kappa shape index (κ1) is 10.0. The van der Waals surface area contributed by atoms with Gasteiger partial charge in [0.25, 0.3) is 0 Å². The van der Waals surface area contributed by atoms with Crippen LogP contribution in [0, 0.1) is 0 Å². The molecule has 1 aromatic heterocycles. The fraction of sp³-hybridized carbons (Fsp3) is 0.417. The smallest absolute Gasteiger partial charge is 0.123 e. The van der Waals surface area contributed by atoms with Crippen molar-refractivity contribution < 1.29 is 0 Å². The highest BCUT2D eigenvalue weighted by molar-refractivity contribution is 5.45. The quantitative estimate of drug-likeness (QED) is 0.739. The molecule has 1 aromatic rings. The summed E-state index contributed by atoms with van der Waals surface area (Å²) in [6.45, 7) is 0.984. The Morgan fingerprint density at radius 2 is 2.33 bits per heavy atom. The van der Waals surface area contributed by atoms with Crippen LogP contribution in [0.15, 0.2) is 30.0 Å². The van der Waals surface area contributed by atoms with Crippen molar-refractivity contribution in [1.29, 1.82) is 0 Å². The molecule has 0 aromatic carbocycles. The van der Waals surface area contributed by atoms with Crippen molar-refractivity contribution in [2.45, 2.75) is 25.7 Å². The van der Waals surface area contributed by atoms with Crippen LogP contribution in [0.1, 0.15) is 25.7 Å². The number of allylic oxidation sites excluding steroid dienone is 1. The van der Waals surface area contributed by atoms with Crippen LogP contribution < -0.4 is 11.1 Å².